The van der Waals surface area contributed by atoms with Crippen molar-refractivity contribution in [1.82, 2.24) is 10.2 Å². The number of hydrogen-bond acceptors (Lipinski definition) is 4. The number of amides is 2. The van der Waals surface area contributed by atoms with Crippen molar-refractivity contribution in [2.75, 3.05) is 18.8 Å². The molecule has 20 heavy (non-hydrogen) atoms. The molecule has 1 heterocycles. The summed E-state index contributed by atoms with van der Waals surface area (Å²) in [5, 5.41) is 2.67. The maximum Gasteiger partial charge on any atom is 0.408 e. The Hall–Kier alpha value is -0.910. The predicted octanol–water partition coefficient (Wildman–Crippen LogP) is 2.21. The highest BCUT2D eigenvalue weighted by molar-refractivity contribution is 7.80. The molecule has 1 saturated heterocycles. The zero-order valence-corrected chi connectivity index (χ0v) is 13.5. The van der Waals surface area contributed by atoms with Gasteiger partial charge in [0.2, 0.25) is 5.91 Å². The largest absolute Gasteiger partial charge is 0.444 e. The van der Waals surface area contributed by atoms with Crippen LogP contribution in [0.25, 0.3) is 0 Å². The second-order valence-electron chi connectivity index (χ2n) is 6.10. The van der Waals surface area contributed by atoms with Crippen molar-refractivity contribution in [2.45, 2.75) is 58.1 Å². The van der Waals surface area contributed by atoms with Gasteiger partial charge in [0.25, 0.3) is 0 Å². The molecule has 1 aliphatic heterocycles. The molecule has 2 amide bonds. The van der Waals surface area contributed by atoms with E-state index in [0.717, 1.165) is 25.9 Å². The predicted molar refractivity (Wildman–Crippen MR) is 82.1 cm³/mol. The van der Waals surface area contributed by atoms with Crippen LogP contribution in [0, 0.1) is 0 Å². The molecule has 1 rings (SSSR count). The minimum atomic E-state index is -0.566. The van der Waals surface area contributed by atoms with Gasteiger partial charge in [-0.1, -0.05) is 0 Å². The number of hydrogen-bond donors (Lipinski definition) is 2. The monoisotopic (exact) mass is 302 g/mol. The molecule has 0 bridgehead atoms. The summed E-state index contributed by atoms with van der Waals surface area (Å²) in [4.78, 5) is 26.0. The lowest BCUT2D eigenvalue weighted by Gasteiger charge is -2.31. The standard InChI is InChI=1S/C14H26N2O3S/c1-14(2,3)19-13(18)15-11(7-10-20)12(17)16-8-5-4-6-9-16/h11,20H,4-10H2,1-3H3,(H,15,18). The summed E-state index contributed by atoms with van der Waals surface area (Å²) in [6.07, 6.45) is 3.20. The van der Waals surface area contributed by atoms with Crippen LogP contribution in [0.15, 0.2) is 0 Å². The van der Waals surface area contributed by atoms with Gasteiger partial charge in [0.05, 0.1) is 0 Å². The molecule has 1 unspecified atom stereocenters. The van der Waals surface area contributed by atoms with Crippen LogP contribution in [0.4, 0.5) is 4.79 Å². The first-order valence-corrected chi connectivity index (χ1v) is 7.86. The average Bonchev–Trinajstić information content (AvgIpc) is 2.36. The van der Waals surface area contributed by atoms with Crippen molar-refractivity contribution in [3.63, 3.8) is 0 Å². The highest BCUT2D eigenvalue weighted by Crippen LogP contribution is 2.12. The van der Waals surface area contributed by atoms with E-state index in [9.17, 15) is 9.59 Å². The molecule has 0 aromatic rings. The minimum Gasteiger partial charge on any atom is -0.444 e. The van der Waals surface area contributed by atoms with Gasteiger partial charge in [-0.3, -0.25) is 4.79 Å². The Labute approximate surface area is 126 Å². The lowest BCUT2D eigenvalue weighted by Crippen LogP contribution is -2.51. The highest BCUT2D eigenvalue weighted by atomic mass is 32.1. The average molecular weight is 302 g/mol. The van der Waals surface area contributed by atoms with Gasteiger partial charge in [-0.2, -0.15) is 12.6 Å². The number of alkyl carbamates (subject to hydrolysis) is 1. The molecule has 0 saturated carbocycles. The molecular weight excluding hydrogens is 276 g/mol. The fourth-order valence-corrected chi connectivity index (χ4v) is 2.43. The van der Waals surface area contributed by atoms with Crippen molar-refractivity contribution in [1.29, 1.82) is 0 Å². The topological polar surface area (TPSA) is 58.6 Å². The number of piperidine rings is 1. The highest BCUT2D eigenvalue weighted by Gasteiger charge is 2.28. The van der Waals surface area contributed by atoms with Crippen molar-refractivity contribution < 1.29 is 14.3 Å². The van der Waals surface area contributed by atoms with Crippen molar-refractivity contribution in [3.8, 4) is 0 Å². The van der Waals surface area contributed by atoms with Crippen LogP contribution in [0.1, 0.15) is 46.5 Å². The molecule has 5 nitrogen and oxygen atoms in total. The van der Waals surface area contributed by atoms with Crippen LogP contribution in [-0.2, 0) is 9.53 Å². The van der Waals surface area contributed by atoms with E-state index in [1.807, 2.05) is 4.90 Å². The Morgan fingerprint density at radius 2 is 1.85 bits per heavy atom. The van der Waals surface area contributed by atoms with E-state index in [1.165, 1.54) is 6.42 Å². The van der Waals surface area contributed by atoms with Gasteiger partial charge >= 0.3 is 6.09 Å². The number of nitrogens with zero attached hydrogens (tertiary/aromatic N) is 1. The number of carbonyl (C=O) groups is 2. The summed E-state index contributed by atoms with van der Waals surface area (Å²) in [6, 6.07) is -0.541. The van der Waals surface area contributed by atoms with E-state index in [2.05, 4.69) is 17.9 Å². The zero-order chi connectivity index (χ0) is 15.2. The van der Waals surface area contributed by atoms with Gasteiger partial charge < -0.3 is 15.0 Å². The third-order valence-electron chi connectivity index (χ3n) is 3.07. The molecular formula is C14H26N2O3S. The Kier molecular flexibility index (Phi) is 6.65. The normalized spacial score (nSPS) is 17.5. The zero-order valence-electron chi connectivity index (χ0n) is 12.6. The number of thiol groups is 1. The molecule has 0 aromatic carbocycles. The SMILES string of the molecule is CC(C)(C)OC(=O)NC(CCS)C(=O)N1CCCCC1. The molecule has 0 aliphatic carbocycles. The molecule has 0 aromatic heterocycles. The first-order chi connectivity index (χ1) is 9.33. The van der Waals surface area contributed by atoms with Crippen LogP contribution in [0.2, 0.25) is 0 Å². The molecule has 1 atom stereocenters. The quantitative estimate of drug-likeness (QED) is 0.783. The van der Waals surface area contributed by atoms with Crippen molar-refractivity contribution in [3.05, 3.63) is 0 Å². The third-order valence-corrected chi connectivity index (χ3v) is 3.33. The van der Waals surface area contributed by atoms with E-state index in [4.69, 9.17) is 4.74 Å². The van der Waals surface area contributed by atoms with Crippen LogP contribution in [0.3, 0.4) is 0 Å². The molecule has 116 valence electrons. The second-order valence-corrected chi connectivity index (χ2v) is 6.54. The maximum absolute atomic E-state index is 12.4. The van der Waals surface area contributed by atoms with Gasteiger partial charge in [0, 0.05) is 13.1 Å². The van der Waals surface area contributed by atoms with Crippen LogP contribution in [-0.4, -0.2) is 47.4 Å². The summed E-state index contributed by atoms with van der Waals surface area (Å²) in [5.41, 5.74) is -0.566. The fraction of sp³-hybridized carbons (Fsp3) is 0.857. The summed E-state index contributed by atoms with van der Waals surface area (Å²) in [6.45, 7) is 6.95. The van der Waals surface area contributed by atoms with E-state index in [1.54, 1.807) is 20.8 Å². The molecule has 1 N–H and O–H groups in total. The van der Waals surface area contributed by atoms with Crippen LogP contribution >= 0.6 is 12.6 Å². The molecule has 0 radical (unpaired) electrons. The Bertz CT molecular complexity index is 336. The number of likely N-dealkylation sites (tertiary alicyclic amines) is 1. The number of ether oxygens (including phenoxy) is 1. The second kappa shape index (κ2) is 7.76. The van der Waals surface area contributed by atoms with Crippen LogP contribution in [0.5, 0.6) is 0 Å². The summed E-state index contributed by atoms with van der Waals surface area (Å²) >= 11 is 4.16. The van der Waals surface area contributed by atoms with Gasteiger partial charge in [-0.05, 0) is 52.2 Å². The fourth-order valence-electron chi connectivity index (χ4n) is 2.17. The smallest absolute Gasteiger partial charge is 0.408 e. The van der Waals surface area contributed by atoms with Gasteiger partial charge in [0.1, 0.15) is 11.6 Å². The maximum atomic E-state index is 12.4. The van der Waals surface area contributed by atoms with Crippen LogP contribution < -0.4 is 5.32 Å². The van der Waals surface area contributed by atoms with Gasteiger partial charge in [-0.25, -0.2) is 4.79 Å². The molecule has 1 fully saturated rings. The lowest BCUT2D eigenvalue weighted by molar-refractivity contribution is -0.134. The molecule has 0 spiro atoms. The molecule has 6 heteroatoms. The molecule has 1 aliphatic rings. The Balaban J connectivity index is 2.58. The summed E-state index contributed by atoms with van der Waals surface area (Å²) in [7, 11) is 0. The Morgan fingerprint density at radius 3 is 2.35 bits per heavy atom. The number of carbonyl (C=O) groups excluding carboxylic acids is 2. The third kappa shape index (κ3) is 6.03. The minimum absolute atomic E-state index is 0.0235. The Morgan fingerprint density at radius 1 is 1.25 bits per heavy atom. The first kappa shape index (κ1) is 17.1. The van der Waals surface area contributed by atoms with Gasteiger partial charge in [-0.15, -0.1) is 0 Å². The lowest BCUT2D eigenvalue weighted by atomic mass is 10.1. The van der Waals surface area contributed by atoms with E-state index in [0.29, 0.717) is 12.2 Å². The number of nitrogens with one attached hydrogen (secondary N) is 1. The van der Waals surface area contributed by atoms with E-state index < -0.39 is 17.7 Å². The first-order valence-electron chi connectivity index (χ1n) is 7.22. The van der Waals surface area contributed by atoms with Gasteiger partial charge in [0.15, 0.2) is 0 Å². The van der Waals surface area contributed by atoms with E-state index in [-0.39, 0.29) is 5.91 Å². The van der Waals surface area contributed by atoms with Crippen molar-refractivity contribution >= 4 is 24.6 Å². The summed E-state index contributed by atoms with van der Waals surface area (Å²) in [5.74, 6) is 0.518. The summed E-state index contributed by atoms with van der Waals surface area (Å²) < 4.78 is 5.21. The number of rotatable bonds is 4. The van der Waals surface area contributed by atoms with E-state index >= 15 is 0 Å². The van der Waals surface area contributed by atoms with Crippen molar-refractivity contribution in [2.24, 2.45) is 0 Å².